The molecule has 0 heterocycles. The molecule has 5 heteroatoms. The Morgan fingerprint density at radius 3 is 2.59 bits per heavy atom. The summed E-state index contributed by atoms with van der Waals surface area (Å²) in [6.45, 7) is 4.15. The zero-order valence-electron chi connectivity index (χ0n) is 10.3. The van der Waals surface area contributed by atoms with Crippen molar-refractivity contribution < 1.29 is 8.42 Å². The molecule has 1 atom stereocenters. The lowest BCUT2D eigenvalue weighted by Gasteiger charge is -2.11. The molecule has 0 bridgehead atoms. The normalized spacial score (nSPS) is 13.6. The molecule has 0 aromatic heterocycles. The van der Waals surface area contributed by atoms with Gasteiger partial charge >= 0.3 is 0 Å². The molecule has 0 fully saturated rings. The third-order valence-electron chi connectivity index (χ3n) is 2.71. The van der Waals surface area contributed by atoms with Crippen LogP contribution in [0.25, 0.3) is 0 Å². The van der Waals surface area contributed by atoms with Gasteiger partial charge in [0.2, 0.25) is 10.0 Å². The summed E-state index contributed by atoms with van der Waals surface area (Å²) in [4.78, 5) is 0.338. The van der Waals surface area contributed by atoms with Gasteiger partial charge in [0, 0.05) is 12.6 Å². The van der Waals surface area contributed by atoms with Crippen molar-refractivity contribution in [2.24, 2.45) is 5.73 Å². The van der Waals surface area contributed by atoms with Gasteiger partial charge in [-0.3, -0.25) is 0 Å². The molecule has 17 heavy (non-hydrogen) atoms. The summed E-state index contributed by atoms with van der Waals surface area (Å²) in [6.07, 6.45) is 1.51. The maximum absolute atomic E-state index is 12.0. The molecule has 0 spiro atoms. The minimum absolute atomic E-state index is 0.0505. The molecule has 1 aromatic rings. The van der Waals surface area contributed by atoms with E-state index < -0.39 is 10.0 Å². The number of benzene rings is 1. The average Bonchev–Trinajstić information content (AvgIpc) is 2.28. The molecule has 1 rings (SSSR count). The second-order valence-electron chi connectivity index (χ2n) is 4.12. The van der Waals surface area contributed by atoms with Crippen molar-refractivity contribution in [3.8, 4) is 0 Å². The van der Waals surface area contributed by atoms with Gasteiger partial charge in [0.25, 0.3) is 0 Å². The summed E-state index contributed by atoms with van der Waals surface area (Å²) >= 11 is 0. The Kier molecular flexibility index (Phi) is 5.11. The first-order chi connectivity index (χ1) is 7.97. The number of nitrogens with two attached hydrogens (primary N) is 1. The lowest BCUT2D eigenvalue weighted by molar-refractivity contribution is 0.557. The van der Waals surface area contributed by atoms with Gasteiger partial charge in [-0.25, -0.2) is 13.1 Å². The van der Waals surface area contributed by atoms with Crippen LogP contribution in [-0.2, 0) is 10.0 Å². The summed E-state index contributed by atoms with van der Waals surface area (Å²) in [5.74, 6) is 0. The topological polar surface area (TPSA) is 72.2 Å². The van der Waals surface area contributed by atoms with E-state index >= 15 is 0 Å². The maximum atomic E-state index is 12.0. The summed E-state index contributed by atoms with van der Waals surface area (Å²) in [7, 11) is -3.40. The van der Waals surface area contributed by atoms with Crippen LogP contribution >= 0.6 is 0 Å². The van der Waals surface area contributed by atoms with Crippen molar-refractivity contribution >= 4 is 10.0 Å². The lowest BCUT2D eigenvalue weighted by Crippen LogP contribution is -2.30. The van der Waals surface area contributed by atoms with Gasteiger partial charge in [-0.15, -0.1) is 0 Å². The number of hydrogen-bond acceptors (Lipinski definition) is 3. The summed E-state index contributed by atoms with van der Waals surface area (Å²) in [6, 6.07) is 6.99. The second kappa shape index (κ2) is 6.14. The fourth-order valence-electron chi connectivity index (χ4n) is 1.52. The Bertz CT molecular complexity index is 457. The molecule has 0 amide bonds. The van der Waals surface area contributed by atoms with E-state index in [1.165, 1.54) is 0 Å². The first-order valence-electron chi connectivity index (χ1n) is 5.78. The predicted octanol–water partition coefficient (Wildman–Crippen LogP) is 1.40. The van der Waals surface area contributed by atoms with Gasteiger partial charge < -0.3 is 5.73 Å². The van der Waals surface area contributed by atoms with Crippen LogP contribution in [0.4, 0.5) is 0 Å². The Morgan fingerprint density at radius 2 is 2.00 bits per heavy atom. The lowest BCUT2D eigenvalue weighted by atomic mass is 10.2. The highest BCUT2D eigenvalue weighted by Gasteiger charge is 2.15. The molecular weight excluding hydrogens is 236 g/mol. The smallest absolute Gasteiger partial charge is 0.240 e. The first-order valence-corrected chi connectivity index (χ1v) is 7.26. The second-order valence-corrected chi connectivity index (χ2v) is 5.86. The Hall–Kier alpha value is -0.910. The van der Waals surface area contributed by atoms with Crippen molar-refractivity contribution in [2.45, 2.75) is 37.6 Å². The van der Waals surface area contributed by atoms with Crippen LogP contribution in [-0.4, -0.2) is 21.0 Å². The molecule has 1 aromatic carbocycles. The van der Waals surface area contributed by atoms with Crippen LogP contribution in [0, 0.1) is 6.92 Å². The van der Waals surface area contributed by atoms with Crippen molar-refractivity contribution in [3.05, 3.63) is 29.8 Å². The van der Waals surface area contributed by atoms with Crippen molar-refractivity contribution in [1.82, 2.24) is 4.72 Å². The Balaban J connectivity index is 2.67. The molecule has 96 valence electrons. The largest absolute Gasteiger partial charge is 0.328 e. The third kappa shape index (κ3) is 4.11. The van der Waals surface area contributed by atoms with E-state index in [0.717, 1.165) is 12.0 Å². The van der Waals surface area contributed by atoms with E-state index in [0.29, 0.717) is 17.9 Å². The van der Waals surface area contributed by atoms with E-state index in [4.69, 9.17) is 5.73 Å². The average molecular weight is 256 g/mol. The van der Waals surface area contributed by atoms with E-state index in [2.05, 4.69) is 4.72 Å². The van der Waals surface area contributed by atoms with Crippen molar-refractivity contribution in [1.29, 1.82) is 0 Å². The van der Waals surface area contributed by atoms with Gasteiger partial charge in [-0.2, -0.15) is 0 Å². The highest BCUT2D eigenvalue weighted by atomic mass is 32.2. The summed E-state index contributed by atoms with van der Waals surface area (Å²) in [5.41, 5.74) is 6.49. The highest BCUT2D eigenvalue weighted by molar-refractivity contribution is 7.89. The number of hydrogen-bond donors (Lipinski definition) is 2. The van der Waals surface area contributed by atoms with Crippen molar-refractivity contribution in [3.63, 3.8) is 0 Å². The fourth-order valence-corrected chi connectivity index (χ4v) is 2.81. The van der Waals surface area contributed by atoms with Crippen LogP contribution < -0.4 is 10.5 Å². The molecule has 1 unspecified atom stereocenters. The SMILES string of the molecule is CCC(N)CCNS(=O)(=O)c1ccccc1C. The van der Waals surface area contributed by atoms with Gasteiger partial charge in [0.15, 0.2) is 0 Å². The number of sulfonamides is 1. The standard InChI is InChI=1S/C12H20N2O2S/c1-3-11(13)8-9-14-17(15,16)12-7-5-4-6-10(12)2/h4-7,11,14H,3,8-9,13H2,1-2H3. The number of nitrogens with one attached hydrogen (secondary N) is 1. The minimum atomic E-state index is -3.40. The monoisotopic (exact) mass is 256 g/mol. The third-order valence-corrected chi connectivity index (χ3v) is 4.34. The van der Waals surface area contributed by atoms with Gasteiger partial charge in [-0.1, -0.05) is 25.1 Å². The molecular formula is C12H20N2O2S. The van der Waals surface area contributed by atoms with Crippen LogP contribution in [0.1, 0.15) is 25.3 Å². The van der Waals surface area contributed by atoms with Gasteiger partial charge in [-0.05, 0) is 31.4 Å². The summed E-state index contributed by atoms with van der Waals surface area (Å²) < 4.78 is 26.5. The van der Waals surface area contributed by atoms with Crippen LogP contribution in [0.3, 0.4) is 0 Å². The predicted molar refractivity (Wildman–Crippen MR) is 69.3 cm³/mol. The van der Waals surface area contributed by atoms with Crippen LogP contribution in [0.5, 0.6) is 0 Å². The van der Waals surface area contributed by atoms with Gasteiger partial charge in [0.05, 0.1) is 4.90 Å². The molecule has 4 nitrogen and oxygen atoms in total. The molecule has 0 saturated carbocycles. The van der Waals surface area contributed by atoms with Gasteiger partial charge in [0.1, 0.15) is 0 Å². The number of rotatable bonds is 6. The highest BCUT2D eigenvalue weighted by Crippen LogP contribution is 2.13. The Labute approximate surface area is 103 Å². The molecule has 0 radical (unpaired) electrons. The first kappa shape index (κ1) is 14.2. The van der Waals surface area contributed by atoms with Crippen molar-refractivity contribution in [2.75, 3.05) is 6.54 Å². The molecule has 0 aliphatic carbocycles. The van der Waals surface area contributed by atoms with Crippen LogP contribution in [0.2, 0.25) is 0 Å². The van der Waals surface area contributed by atoms with E-state index in [1.807, 2.05) is 13.0 Å². The van der Waals surface area contributed by atoms with E-state index in [1.54, 1.807) is 25.1 Å². The Morgan fingerprint density at radius 1 is 1.35 bits per heavy atom. The number of aryl methyl sites for hydroxylation is 1. The molecule has 0 saturated heterocycles. The zero-order chi connectivity index (χ0) is 12.9. The maximum Gasteiger partial charge on any atom is 0.240 e. The fraction of sp³-hybridized carbons (Fsp3) is 0.500. The zero-order valence-corrected chi connectivity index (χ0v) is 11.1. The van der Waals surface area contributed by atoms with E-state index in [9.17, 15) is 8.42 Å². The molecule has 3 N–H and O–H groups in total. The quantitative estimate of drug-likeness (QED) is 0.808. The summed E-state index contributed by atoms with van der Waals surface area (Å²) in [5, 5.41) is 0. The minimum Gasteiger partial charge on any atom is -0.328 e. The van der Waals surface area contributed by atoms with Crippen LogP contribution in [0.15, 0.2) is 29.2 Å². The molecule has 0 aliphatic rings. The molecule has 0 aliphatic heterocycles. The van der Waals surface area contributed by atoms with E-state index in [-0.39, 0.29) is 6.04 Å².